The first-order chi connectivity index (χ1) is 7.83. The summed E-state index contributed by atoms with van der Waals surface area (Å²) >= 11 is 0. The molecule has 1 aliphatic carbocycles. The molecule has 1 unspecified atom stereocenters. The van der Waals surface area contributed by atoms with Gasteiger partial charge in [-0.25, -0.2) is 4.98 Å². The van der Waals surface area contributed by atoms with Gasteiger partial charge in [0.2, 0.25) is 0 Å². The second-order valence-electron chi connectivity index (χ2n) is 4.44. The minimum Gasteiger partial charge on any atom is -0.366 e. The van der Waals surface area contributed by atoms with Crippen LogP contribution in [0.1, 0.15) is 38.2 Å². The lowest BCUT2D eigenvalue weighted by molar-refractivity contribution is 0.585. The molecular formula is C13H17N3. The number of aromatic nitrogens is 1. The van der Waals surface area contributed by atoms with Gasteiger partial charge in [0, 0.05) is 12.2 Å². The lowest BCUT2D eigenvalue weighted by atomic mass is 10.1. The topological polar surface area (TPSA) is 48.7 Å². The van der Waals surface area contributed by atoms with Crippen LogP contribution in [0.2, 0.25) is 0 Å². The maximum atomic E-state index is 8.97. The van der Waals surface area contributed by atoms with Gasteiger partial charge in [-0.05, 0) is 30.9 Å². The Kier molecular flexibility index (Phi) is 3.40. The number of nitrogens with one attached hydrogen (secondary N) is 1. The van der Waals surface area contributed by atoms with Crippen molar-refractivity contribution in [3.63, 3.8) is 0 Å². The van der Waals surface area contributed by atoms with Crippen LogP contribution in [0.4, 0.5) is 5.82 Å². The number of anilines is 1. The smallest absolute Gasteiger partial charge is 0.144 e. The maximum absolute atomic E-state index is 8.97. The highest BCUT2D eigenvalue weighted by atomic mass is 15.0. The van der Waals surface area contributed by atoms with Crippen molar-refractivity contribution < 1.29 is 0 Å². The molecule has 16 heavy (non-hydrogen) atoms. The third-order valence-electron chi connectivity index (χ3n) is 3.08. The fourth-order valence-electron chi connectivity index (χ4n) is 1.89. The Labute approximate surface area is 96.5 Å². The molecule has 0 aromatic carbocycles. The van der Waals surface area contributed by atoms with Crippen molar-refractivity contribution in [2.45, 2.75) is 38.6 Å². The van der Waals surface area contributed by atoms with Crippen molar-refractivity contribution in [3.05, 3.63) is 23.9 Å². The molecule has 0 saturated heterocycles. The average Bonchev–Trinajstić information content (AvgIpc) is 3.13. The van der Waals surface area contributed by atoms with E-state index in [0.717, 1.165) is 18.2 Å². The molecule has 1 fully saturated rings. The molecule has 0 spiro atoms. The van der Waals surface area contributed by atoms with Gasteiger partial charge in [0.25, 0.3) is 0 Å². The molecule has 1 aromatic rings. The standard InChI is InChI=1S/C13H17N3/c1-2-12(8-10-5-6-10)16-13-11(9-14)4-3-7-15-13/h3-4,7,10,12H,2,5-6,8H2,1H3,(H,15,16). The fraction of sp³-hybridized carbons (Fsp3) is 0.538. The van der Waals surface area contributed by atoms with E-state index in [2.05, 4.69) is 23.3 Å². The van der Waals surface area contributed by atoms with Crippen molar-refractivity contribution in [2.24, 2.45) is 5.92 Å². The van der Waals surface area contributed by atoms with Crippen LogP contribution in [0, 0.1) is 17.2 Å². The molecular weight excluding hydrogens is 198 g/mol. The zero-order valence-corrected chi connectivity index (χ0v) is 9.61. The Morgan fingerprint density at radius 2 is 2.44 bits per heavy atom. The number of hydrogen-bond donors (Lipinski definition) is 1. The average molecular weight is 215 g/mol. The van der Waals surface area contributed by atoms with Gasteiger partial charge < -0.3 is 5.32 Å². The van der Waals surface area contributed by atoms with Crippen LogP contribution in [0.3, 0.4) is 0 Å². The summed E-state index contributed by atoms with van der Waals surface area (Å²) in [5.41, 5.74) is 0.636. The van der Waals surface area contributed by atoms with Gasteiger partial charge in [0.05, 0.1) is 5.56 Å². The van der Waals surface area contributed by atoms with Crippen LogP contribution < -0.4 is 5.32 Å². The summed E-state index contributed by atoms with van der Waals surface area (Å²) in [5, 5.41) is 12.4. The predicted octanol–water partition coefficient (Wildman–Crippen LogP) is 2.94. The van der Waals surface area contributed by atoms with Crippen molar-refractivity contribution in [3.8, 4) is 6.07 Å². The summed E-state index contributed by atoms with van der Waals surface area (Å²) < 4.78 is 0. The second kappa shape index (κ2) is 4.98. The molecule has 0 bridgehead atoms. The summed E-state index contributed by atoms with van der Waals surface area (Å²) in [6.07, 6.45) is 6.75. The minimum absolute atomic E-state index is 0.453. The van der Waals surface area contributed by atoms with E-state index in [9.17, 15) is 0 Å². The molecule has 1 aromatic heterocycles. The van der Waals surface area contributed by atoms with Crippen LogP contribution >= 0.6 is 0 Å². The summed E-state index contributed by atoms with van der Waals surface area (Å²) in [6, 6.07) is 6.22. The van der Waals surface area contributed by atoms with E-state index in [1.54, 1.807) is 18.3 Å². The zero-order chi connectivity index (χ0) is 11.4. The van der Waals surface area contributed by atoms with E-state index in [1.165, 1.54) is 19.3 Å². The Hall–Kier alpha value is -1.56. The Morgan fingerprint density at radius 1 is 1.62 bits per heavy atom. The summed E-state index contributed by atoms with van der Waals surface area (Å²) in [5.74, 6) is 1.63. The van der Waals surface area contributed by atoms with Crippen LogP contribution in [0.15, 0.2) is 18.3 Å². The predicted molar refractivity (Wildman–Crippen MR) is 64.0 cm³/mol. The van der Waals surface area contributed by atoms with Crippen LogP contribution in [0.5, 0.6) is 0 Å². The zero-order valence-electron chi connectivity index (χ0n) is 9.61. The van der Waals surface area contributed by atoms with E-state index in [4.69, 9.17) is 5.26 Å². The lowest BCUT2D eigenvalue weighted by Crippen LogP contribution is -2.20. The van der Waals surface area contributed by atoms with Crippen molar-refractivity contribution in [1.29, 1.82) is 5.26 Å². The van der Waals surface area contributed by atoms with Crippen LogP contribution in [0.25, 0.3) is 0 Å². The normalized spacial score (nSPS) is 16.5. The largest absolute Gasteiger partial charge is 0.366 e. The monoisotopic (exact) mass is 215 g/mol. The Bertz CT molecular complexity index is 390. The molecule has 1 N–H and O–H groups in total. The molecule has 1 saturated carbocycles. The van der Waals surface area contributed by atoms with Gasteiger partial charge in [-0.1, -0.05) is 19.8 Å². The third-order valence-corrected chi connectivity index (χ3v) is 3.08. The van der Waals surface area contributed by atoms with E-state index in [0.29, 0.717) is 11.6 Å². The van der Waals surface area contributed by atoms with E-state index < -0.39 is 0 Å². The molecule has 1 aliphatic rings. The number of rotatable bonds is 5. The number of nitrogens with zero attached hydrogens (tertiary/aromatic N) is 2. The molecule has 1 heterocycles. The molecule has 84 valence electrons. The van der Waals surface area contributed by atoms with E-state index in [-0.39, 0.29) is 0 Å². The Balaban J connectivity index is 2.02. The molecule has 3 nitrogen and oxygen atoms in total. The van der Waals surface area contributed by atoms with Crippen LogP contribution in [-0.2, 0) is 0 Å². The summed E-state index contributed by atoms with van der Waals surface area (Å²) in [4.78, 5) is 4.23. The number of hydrogen-bond acceptors (Lipinski definition) is 3. The van der Waals surface area contributed by atoms with Gasteiger partial charge >= 0.3 is 0 Å². The first-order valence-electron chi connectivity index (χ1n) is 5.95. The van der Waals surface area contributed by atoms with Gasteiger partial charge in [0.15, 0.2) is 0 Å². The van der Waals surface area contributed by atoms with Gasteiger partial charge in [-0.15, -0.1) is 0 Å². The minimum atomic E-state index is 0.453. The van der Waals surface area contributed by atoms with Crippen molar-refractivity contribution in [2.75, 3.05) is 5.32 Å². The first kappa shape index (κ1) is 10.9. The van der Waals surface area contributed by atoms with Gasteiger partial charge in [0.1, 0.15) is 11.9 Å². The lowest BCUT2D eigenvalue weighted by Gasteiger charge is -2.17. The molecule has 2 rings (SSSR count). The van der Waals surface area contributed by atoms with Crippen molar-refractivity contribution in [1.82, 2.24) is 4.98 Å². The van der Waals surface area contributed by atoms with E-state index >= 15 is 0 Å². The third kappa shape index (κ3) is 2.73. The molecule has 1 atom stereocenters. The first-order valence-corrected chi connectivity index (χ1v) is 5.95. The highest BCUT2D eigenvalue weighted by Gasteiger charge is 2.25. The number of pyridine rings is 1. The highest BCUT2D eigenvalue weighted by molar-refractivity contribution is 5.51. The van der Waals surface area contributed by atoms with Gasteiger partial charge in [-0.3, -0.25) is 0 Å². The van der Waals surface area contributed by atoms with E-state index in [1.807, 2.05) is 0 Å². The molecule has 0 aliphatic heterocycles. The van der Waals surface area contributed by atoms with Crippen molar-refractivity contribution >= 4 is 5.82 Å². The van der Waals surface area contributed by atoms with Gasteiger partial charge in [-0.2, -0.15) is 5.26 Å². The Morgan fingerprint density at radius 3 is 3.06 bits per heavy atom. The molecule has 0 radical (unpaired) electrons. The molecule has 3 heteroatoms. The number of nitriles is 1. The summed E-state index contributed by atoms with van der Waals surface area (Å²) in [7, 11) is 0. The highest BCUT2D eigenvalue weighted by Crippen LogP contribution is 2.34. The van der Waals surface area contributed by atoms with Crippen LogP contribution in [-0.4, -0.2) is 11.0 Å². The molecule has 0 amide bonds. The fourth-order valence-corrected chi connectivity index (χ4v) is 1.89. The second-order valence-corrected chi connectivity index (χ2v) is 4.44. The summed E-state index contributed by atoms with van der Waals surface area (Å²) in [6.45, 7) is 2.18. The maximum Gasteiger partial charge on any atom is 0.144 e. The quantitative estimate of drug-likeness (QED) is 0.821. The SMILES string of the molecule is CCC(CC1CC1)Nc1ncccc1C#N.